The monoisotopic (exact) mass is 315 g/mol. The molecule has 0 radical (unpaired) electrons. The molecule has 0 amide bonds. The quantitative estimate of drug-likeness (QED) is 0.619. The predicted molar refractivity (Wildman–Crippen MR) is 96.2 cm³/mol. The lowest BCUT2D eigenvalue weighted by molar-refractivity contribution is 0.779. The molecular formula is C19H17N5. The largest absolute Gasteiger partial charge is 0.325 e. The molecule has 1 aromatic carbocycles. The Morgan fingerprint density at radius 3 is 2.62 bits per heavy atom. The van der Waals surface area contributed by atoms with Crippen LogP contribution in [-0.2, 0) is 7.05 Å². The molecule has 0 aliphatic heterocycles. The Morgan fingerprint density at radius 1 is 0.917 bits per heavy atom. The molecule has 0 spiro atoms. The number of rotatable bonds is 3. The van der Waals surface area contributed by atoms with E-state index in [-0.39, 0.29) is 0 Å². The Labute approximate surface area is 140 Å². The van der Waals surface area contributed by atoms with Crippen LogP contribution in [0.15, 0.2) is 61.1 Å². The first kappa shape index (κ1) is 14.4. The van der Waals surface area contributed by atoms with E-state index in [2.05, 4.69) is 39.4 Å². The Hall–Kier alpha value is -3.21. The minimum atomic E-state index is 0.773. The second-order valence-electron chi connectivity index (χ2n) is 5.80. The van der Waals surface area contributed by atoms with Gasteiger partial charge in [0, 0.05) is 31.0 Å². The molecule has 0 saturated heterocycles. The number of hydrogen-bond acceptors (Lipinski definition) is 4. The first-order chi connectivity index (χ1) is 11.7. The van der Waals surface area contributed by atoms with E-state index in [9.17, 15) is 0 Å². The van der Waals surface area contributed by atoms with Crippen LogP contribution in [0.4, 0.5) is 11.6 Å². The first-order valence-electron chi connectivity index (χ1n) is 7.77. The summed E-state index contributed by atoms with van der Waals surface area (Å²) in [4.78, 5) is 8.65. The van der Waals surface area contributed by atoms with Crippen molar-refractivity contribution in [2.45, 2.75) is 6.92 Å². The Bertz CT molecular complexity index is 1000. The lowest BCUT2D eigenvalue weighted by Gasteiger charge is -2.08. The van der Waals surface area contributed by atoms with Crippen LogP contribution in [0.3, 0.4) is 0 Å². The SMILES string of the molecule is Cc1cc(-c2ccnc(Nc3ccccn3)c2)cc2cn(C)nc12. The number of nitrogens with one attached hydrogen (secondary N) is 1. The maximum absolute atomic E-state index is 4.50. The van der Waals surface area contributed by atoms with Gasteiger partial charge in [-0.2, -0.15) is 5.10 Å². The van der Waals surface area contributed by atoms with Gasteiger partial charge in [-0.25, -0.2) is 9.97 Å². The Morgan fingerprint density at radius 2 is 1.79 bits per heavy atom. The van der Waals surface area contributed by atoms with Crippen LogP contribution in [0.1, 0.15) is 5.56 Å². The average molecular weight is 315 g/mol. The van der Waals surface area contributed by atoms with Gasteiger partial charge >= 0.3 is 0 Å². The van der Waals surface area contributed by atoms with Gasteiger partial charge in [0.15, 0.2) is 0 Å². The molecule has 5 nitrogen and oxygen atoms in total. The fourth-order valence-corrected chi connectivity index (χ4v) is 2.84. The smallest absolute Gasteiger partial charge is 0.132 e. The van der Waals surface area contributed by atoms with E-state index >= 15 is 0 Å². The highest BCUT2D eigenvalue weighted by molar-refractivity contribution is 5.87. The molecule has 5 heteroatoms. The number of fused-ring (bicyclic) bond motifs is 1. The van der Waals surface area contributed by atoms with Crippen molar-refractivity contribution < 1.29 is 0 Å². The van der Waals surface area contributed by atoms with Crippen LogP contribution in [0.2, 0.25) is 0 Å². The molecule has 4 aromatic rings. The highest BCUT2D eigenvalue weighted by atomic mass is 15.2. The predicted octanol–water partition coefficient (Wildman–Crippen LogP) is 4.08. The van der Waals surface area contributed by atoms with Gasteiger partial charge in [-0.15, -0.1) is 0 Å². The molecule has 3 aromatic heterocycles. The van der Waals surface area contributed by atoms with Gasteiger partial charge < -0.3 is 5.32 Å². The number of nitrogens with zero attached hydrogens (tertiary/aromatic N) is 4. The summed E-state index contributed by atoms with van der Waals surface area (Å²) < 4.78 is 1.85. The molecule has 0 bridgehead atoms. The Balaban J connectivity index is 1.73. The molecule has 0 saturated carbocycles. The molecule has 118 valence electrons. The summed E-state index contributed by atoms with van der Waals surface area (Å²) in [5.41, 5.74) is 4.47. The van der Waals surface area contributed by atoms with Crippen molar-refractivity contribution in [3.8, 4) is 11.1 Å². The summed E-state index contributed by atoms with van der Waals surface area (Å²) >= 11 is 0. The van der Waals surface area contributed by atoms with E-state index < -0.39 is 0 Å². The standard InChI is InChI=1S/C19H17N5/c1-13-9-15(10-16-12-24(2)23-19(13)16)14-6-8-21-18(11-14)22-17-5-3-4-7-20-17/h3-12H,1-2H3,(H,20,21,22). The van der Waals surface area contributed by atoms with Crippen LogP contribution in [0, 0.1) is 6.92 Å². The summed E-state index contributed by atoms with van der Waals surface area (Å²) in [5, 5.41) is 8.88. The topological polar surface area (TPSA) is 55.6 Å². The van der Waals surface area contributed by atoms with E-state index in [0.717, 1.165) is 33.7 Å². The molecule has 24 heavy (non-hydrogen) atoms. The van der Waals surface area contributed by atoms with Gasteiger partial charge in [0.2, 0.25) is 0 Å². The minimum absolute atomic E-state index is 0.773. The van der Waals surface area contributed by atoms with Gasteiger partial charge in [0.25, 0.3) is 0 Å². The minimum Gasteiger partial charge on any atom is -0.325 e. The van der Waals surface area contributed by atoms with E-state index in [4.69, 9.17) is 0 Å². The van der Waals surface area contributed by atoms with Crippen molar-refractivity contribution in [2.75, 3.05) is 5.32 Å². The van der Waals surface area contributed by atoms with Crippen molar-refractivity contribution >= 4 is 22.5 Å². The zero-order valence-corrected chi connectivity index (χ0v) is 13.6. The zero-order valence-electron chi connectivity index (χ0n) is 13.6. The van der Waals surface area contributed by atoms with Gasteiger partial charge in [-0.05, 0) is 60.0 Å². The number of hydrogen-bond donors (Lipinski definition) is 1. The molecule has 4 rings (SSSR count). The number of aryl methyl sites for hydroxylation is 2. The van der Waals surface area contributed by atoms with E-state index in [1.165, 1.54) is 5.56 Å². The lowest BCUT2D eigenvalue weighted by atomic mass is 10.0. The molecule has 1 N–H and O–H groups in total. The highest BCUT2D eigenvalue weighted by Crippen LogP contribution is 2.28. The second-order valence-corrected chi connectivity index (χ2v) is 5.80. The third kappa shape index (κ3) is 2.72. The van der Waals surface area contributed by atoms with Gasteiger partial charge in [-0.1, -0.05) is 6.07 Å². The maximum atomic E-state index is 4.50. The molecule has 0 atom stereocenters. The third-order valence-electron chi connectivity index (χ3n) is 3.93. The van der Waals surface area contributed by atoms with Crippen LogP contribution in [-0.4, -0.2) is 19.7 Å². The molecule has 0 fully saturated rings. The normalized spacial score (nSPS) is 10.9. The maximum Gasteiger partial charge on any atom is 0.132 e. The van der Waals surface area contributed by atoms with Gasteiger partial charge in [0.1, 0.15) is 11.6 Å². The molecular weight excluding hydrogens is 298 g/mol. The Kier molecular flexibility index (Phi) is 3.46. The highest BCUT2D eigenvalue weighted by Gasteiger charge is 2.07. The van der Waals surface area contributed by atoms with E-state index in [0.29, 0.717) is 0 Å². The summed E-state index contributed by atoms with van der Waals surface area (Å²) in [6, 6.07) is 14.1. The van der Waals surface area contributed by atoms with Gasteiger partial charge in [-0.3, -0.25) is 4.68 Å². The van der Waals surface area contributed by atoms with Crippen molar-refractivity contribution in [3.05, 3.63) is 66.6 Å². The molecule has 0 aliphatic carbocycles. The van der Waals surface area contributed by atoms with Crippen molar-refractivity contribution in [2.24, 2.45) is 7.05 Å². The number of anilines is 2. The van der Waals surface area contributed by atoms with Crippen LogP contribution < -0.4 is 5.32 Å². The lowest BCUT2D eigenvalue weighted by Crippen LogP contribution is -1.95. The number of benzene rings is 1. The number of pyridine rings is 2. The zero-order chi connectivity index (χ0) is 16.5. The molecule has 0 unspecified atom stereocenters. The first-order valence-corrected chi connectivity index (χ1v) is 7.77. The fraction of sp³-hybridized carbons (Fsp3) is 0.105. The average Bonchev–Trinajstić information content (AvgIpc) is 2.97. The van der Waals surface area contributed by atoms with E-state index in [1.54, 1.807) is 6.20 Å². The van der Waals surface area contributed by atoms with Gasteiger partial charge in [0.05, 0.1) is 5.52 Å². The summed E-state index contributed by atoms with van der Waals surface area (Å²) in [6.07, 6.45) is 5.61. The van der Waals surface area contributed by atoms with Crippen LogP contribution >= 0.6 is 0 Å². The summed E-state index contributed by atoms with van der Waals surface area (Å²) in [7, 11) is 1.94. The van der Waals surface area contributed by atoms with E-state index in [1.807, 2.05) is 54.5 Å². The third-order valence-corrected chi connectivity index (χ3v) is 3.93. The van der Waals surface area contributed by atoms with Crippen LogP contribution in [0.25, 0.3) is 22.0 Å². The number of aromatic nitrogens is 4. The molecule has 3 heterocycles. The van der Waals surface area contributed by atoms with Crippen molar-refractivity contribution in [3.63, 3.8) is 0 Å². The summed E-state index contributed by atoms with van der Waals surface area (Å²) in [6.45, 7) is 2.09. The van der Waals surface area contributed by atoms with Crippen molar-refractivity contribution in [1.29, 1.82) is 0 Å². The fourth-order valence-electron chi connectivity index (χ4n) is 2.84. The molecule has 0 aliphatic rings. The second kappa shape index (κ2) is 5.77. The van der Waals surface area contributed by atoms with Crippen molar-refractivity contribution in [1.82, 2.24) is 19.7 Å². The summed E-state index contributed by atoms with van der Waals surface area (Å²) in [5.74, 6) is 1.55. The van der Waals surface area contributed by atoms with Crippen LogP contribution in [0.5, 0.6) is 0 Å².